The van der Waals surface area contributed by atoms with Crippen molar-refractivity contribution < 1.29 is 17.6 Å². The summed E-state index contributed by atoms with van der Waals surface area (Å²) >= 11 is 0. The highest BCUT2D eigenvalue weighted by Crippen LogP contribution is 2.23. The molecule has 0 unspecified atom stereocenters. The van der Waals surface area contributed by atoms with E-state index < -0.39 is 36.1 Å². The molecule has 5 heteroatoms. The van der Waals surface area contributed by atoms with Crippen LogP contribution in [0.3, 0.4) is 0 Å². The lowest BCUT2D eigenvalue weighted by molar-refractivity contribution is 0.127. The number of alkyl halides is 2. The van der Waals surface area contributed by atoms with Crippen LogP contribution in [0.2, 0.25) is 0 Å². The highest BCUT2D eigenvalue weighted by molar-refractivity contribution is 5.22. The van der Waals surface area contributed by atoms with E-state index in [-0.39, 0.29) is 0 Å². The van der Waals surface area contributed by atoms with Gasteiger partial charge in [0, 0.05) is 18.0 Å². The highest BCUT2D eigenvalue weighted by Gasteiger charge is 2.19. The van der Waals surface area contributed by atoms with E-state index in [0.29, 0.717) is 0 Å². The fourth-order valence-corrected chi connectivity index (χ4v) is 1.17. The van der Waals surface area contributed by atoms with Gasteiger partial charge in [-0.25, -0.2) is 17.6 Å². The van der Waals surface area contributed by atoms with E-state index >= 15 is 0 Å². The van der Waals surface area contributed by atoms with E-state index in [9.17, 15) is 17.6 Å². The summed E-state index contributed by atoms with van der Waals surface area (Å²) in [6.07, 6.45) is -3.43. The minimum atomic E-state index is -2.68. The zero-order chi connectivity index (χ0) is 10.7. The lowest BCUT2D eigenvalue weighted by Crippen LogP contribution is -2.17. The van der Waals surface area contributed by atoms with Crippen LogP contribution in [0, 0.1) is 11.6 Å². The largest absolute Gasteiger partial charge is 0.324 e. The molecule has 0 aliphatic carbocycles. The van der Waals surface area contributed by atoms with Gasteiger partial charge in [-0.05, 0) is 12.1 Å². The molecular formula is C9H9F4N. The Morgan fingerprint density at radius 1 is 1.14 bits per heavy atom. The molecule has 0 saturated carbocycles. The second-order valence-electron chi connectivity index (χ2n) is 2.87. The average Bonchev–Trinajstić information content (AvgIpc) is 2.01. The first-order chi connectivity index (χ1) is 6.52. The lowest BCUT2D eigenvalue weighted by Gasteiger charge is -2.12. The van der Waals surface area contributed by atoms with Gasteiger partial charge < -0.3 is 5.73 Å². The van der Waals surface area contributed by atoms with Gasteiger partial charge in [0.1, 0.15) is 11.6 Å². The monoisotopic (exact) mass is 207 g/mol. The normalized spacial score (nSPS) is 13.3. The summed E-state index contributed by atoms with van der Waals surface area (Å²) in [5, 5.41) is 0. The molecular weight excluding hydrogens is 198 g/mol. The molecule has 0 fully saturated rings. The fraction of sp³-hybridized carbons (Fsp3) is 0.333. The molecule has 1 aromatic rings. The topological polar surface area (TPSA) is 26.0 Å². The summed E-state index contributed by atoms with van der Waals surface area (Å²) in [4.78, 5) is 0. The minimum absolute atomic E-state index is 0.479. The van der Waals surface area contributed by atoms with Crippen LogP contribution in [-0.2, 0) is 0 Å². The molecule has 78 valence electrons. The predicted octanol–water partition coefficient (Wildman–Crippen LogP) is 2.62. The van der Waals surface area contributed by atoms with Crippen LogP contribution in [0.25, 0.3) is 0 Å². The number of rotatable bonds is 3. The Morgan fingerprint density at radius 3 is 2.07 bits per heavy atom. The number of hydrogen-bond acceptors (Lipinski definition) is 1. The quantitative estimate of drug-likeness (QED) is 0.757. The molecule has 0 bridgehead atoms. The van der Waals surface area contributed by atoms with Crippen LogP contribution in [0.4, 0.5) is 17.6 Å². The van der Waals surface area contributed by atoms with Crippen molar-refractivity contribution in [2.45, 2.75) is 18.9 Å². The number of nitrogens with two attached hydrogens (primary N) is 1. The molecule has 1 aromatic carbocycles. The van der Waals surface area contributed by atoms with Crippen molar-refractivity contribution in [1.29, 1.82) is 0 Å². The number of halogens is 4. The van der Waals surface area contributed by atoms with E-state index in [0.717, 1.165) is 18.2 Å². The van der Waals surface area contributed by atoms with E-state index in [1.807, 2.05) is 0 Å². The molecule has 0 radical (unpaired) electrons. The van der Waals surface area contributed by atoms with Crippen LogP contribution in [0.5, 0.6) is 0 Å². The predicted molar refractivity (Wildman–Crippen MR) is 43.9 cm³/mol. The Morgan fingerprint density at radius 2 is 1.64 bits per heavy atom. The Bertz CT molecular complexity index is 293. The third-order valence-corrected chi connectivity index (χ3v) is 1.80. The SMILES string of the molecule is N[C@@H](CC(F)F)c1c(F)cccc1F. The molecule has 0 heterocycles. The Balaban J connectivity index is 2.94. The highest BCUT2D eigenvalue weighted by atomic mass is 19.3. The van der Waals surface area contributed by atoms with Gasteiger partial charge in [-0.1, -0.05) is 6.07 Å². The molecule has 14 heavy (non-hydrogen) atoms. The van der Waals surface area contributed by atoms with Crippen molar-refractivity contribution >= 4 is 0 Å². The molecule has 0 amide bonds. The fourth-order valence-electron chi connectivity index (χ4n) is 1.17. The van der Waals surface area contributed by atoms with Crippen molar-refractivity contribution in [3.63, 3.8) is 0 Å². The van der Waals surface area contributed by atoms with E-state index in [1.165, 1.54) is 0 Å². The summed E-state index contributed by atoms with van der Waals surface area (Å²) < 4.78 is 49.8. The minimum Gasteiger partial charge on any atom is -0.324 e. The van der Waals surface area contributed by atoms with Crippen molar-refractivity contribution in [2.24, 2.45) is 5.73 Å². The van der Waals surface area contributed by atoms with Crippen LogP contribution in [-0.4, -0.2) is 6.43 Å². The first-order valence-corrected chi connectivity index (χ1v) is 4.00. The molecule has 1 atom stereocenters. The van der Waals surface area contributed by atoms with Crippen LogP contribution >= 0.6 is 0 Å². The molecule has 0 aliphatic heterocycles. The lowest BCUT2D eigenvalue weighted by atomic mass is 10.0. The second kappa shape index (κ2) is 4.41. The Hall–Kier alpha value is -1.10. The van der Waals surface area contributed by atoms with Gasteiger partial charge >= 0.3 is 0 Å². The molecule has 2 N–H and O–H groups in total. The van der Waals surface area contributed by atoms with Gasteiger partial charge in [0.15, 0.2) is 0 Å². The molecule has 1 rings (SSSR count). The maximum Gasteiger partial charge on any atom is 0.240 e. The van der Waals surface area contributed by atoms with Crippen molar-refractivity contribution in [3.05, 3.63) is 35.4 Å². The molecule has 1 nitrogen and oxygen atoms in total. The van der Waals surface area contributed by atoms with Crippen LogP contribution in [0.15, 0.2) is 18.2 Å². The first-order valence-electron chi connectivity index (χ1n) is 4.00. The second-order valence-corrected chi connectivity index (χ2v) is 2.87. The molecule has 0 spiro atoms. The van der Waals surface area contributed by atoms with Crippen LogP contribution in [0.1, 0.15) is 18.0 Å². The van der Waals surface area contributed by atoms with Gasteiger partial charge in [0.25, 0.3) is 0 Å². The zero-order valence-corrected chi connectivity index (χ0v) is 7.18. The summed E-state index contributed by atoms with van der Waals surface area (Å²) in [5.74, 6) is -1.78. The summed E-state index contributed by atoms with van der Waals surface area (Å²) in [6.45, 7) is 0. The molecule has 0 aliphatic rings. The van der Waals surface area contributed by atoms with Gasteiger partial charge in [-0.2, -0.15) is 0 Å². The summed E-state index contributed by atoms with van der Waals surface area (Å²) in [6, 6.07) is 1.83. The number of hydrogen-bond donors (Lipinski definition) is 1. The van der Waals surface area contributed by atoms with E-state index in [1.54, 1.807) is 0 Å². The van der Waals surface area contributed by atoms with Gasteiger partial charge in [0.2, 0.25) is 6.43 Å². The summed E-state index contributed by atoms with van der Waals surface area (Å²) in [7, 11) is 0. The van der Waals surface area contributed by atoms with Crippen LogP contribution < -0.4 is 5.73 Å². The molecule has 0 saturated heterocycles. The van der Waals surface area contributed by atoms with E-state index in [2.05, 4.69) is 0 Å². The first kappa shape index (κ1) is 11.0. The van der Waals surface area contributed by atoms with Crippen molar-refractivity contribution in [3.8, 4) is 0 Å². The third-order valence-electron chi connectivity index (χ3n) is 1.80. The van der Waals surface area contributed by atoms with Crippen molar-refractivity contribution in [2.75, 3.05) is 0 Å². The van der Waals surface area contributed by atoms with Gasteiger partial charge in [-0.3, -0.25) is 0 Å². The standard InChI is InChI=1S/C9H9F4N/c10-5-2-1-3-6(11)9(5)7(14)4-8(12)13/h1-3,7-8H,4,14H2/t7-/m0/s1. The average molecular weight is 207 g/mol. The smallest absolute Gasteiger partial charge is 0.240 e. The zero-order valence-electron chi connectivity index (χ0n) is 7.18. The number of benzene rings is 1. The van der Waals surface area contributed by atoms with Gasteiger partial charge in [-0.15, -0.1) is 0 Å². The van der Waals surface area contributed by atoms with E-state index in [4.69, 9.17) is 5.73 Å². The third kappa shape index (κ3) is 2.45. The maximum atomic E-state index is 13.0. The Labute approximate surface area is 78.5 Å². The maximum absolute atomic E-state index is 13.0. The Kier molecular flexibility index (Phi) is 3.46. The van der Waals surface area contributed by atoms with Crippen molar-refractivity contribution in [1.82, 2.24) is 0 Å². The summed E-state index contributed by atoms with van der Waals surface area (Å²) in [5.41, 5.74) is 4.76. The molecule has 0 aromatic heterocycles. The van der Waals surface area contributed by atoms with Gasteiger partial charge in [0.05, 0.1) is 0 Å².